The third kappa shape index (κ3) is 7.76. The molecule has 28 heavy (non-hydrogen) atoms. The van der Waals surface area contributed by atoms with Crippen molar-refractivity contribution in [3.8, 4) is 0 Å². The first-order chi connectivity index (χ1) is 12.8. The SMILES string of the molecule is CCNC(=NCc1cccc(CS(=O)(=O)NC)c1)NCc1nc(C)c(C)o1.I. The number of aryl methyl sites for hydroxylation is 2. The van der Waals surface area contributed by atoms with Crippen LogP contribution in [0.5, 0.6) is 0 Å². The second-order valence-electron chi connectivity index (χ2n) is 6.08. The van der Waals surface area contributed by atoms with E-state index in [4.69, 9.17) is 4.42 Å². The highest BCUT2D eigenvalue weighted by molar-refractivity contribution is 14.0. The molecular weight excluding hydrogens is 493 g/mol. The van der Waals surface area contributed by atoms with Crippen molar-refractivity contribution in [2.45, 2.75) is 39.6 Å². The molecule has 2 rings (SSSR count). The molecule has 0 aliphatic carbocycles. The van der Waals surface area contributed by atoms with Crippen LogP contribution in [-0.4, -0.2) is 33.0 Å². The Morgan fingerprint density at radius 2 is 1.93 bits per heavy atom. The molecule has 0 saturated carbocycles. The Morgan fingerprint density at radius 1 is 1.21 bits per heavy atom. The Balaban J connectivity index is 0.00000392. The molecule has 0 fully saturated rings. The van der Waals surface area contributed by atoms with Crippen molar-refractivity contribution < 1.29 is 12.8 Å². The normalized spacial score (nSPS) is 11.8. The summed E-state index contributed by atoms with van der Waals surface area (Å²) in [6, 6.07) is 7.40. The lowest BCUT2D eigenvalue weighted by molar-refractivity contribution is 0.463. The molecule has 0 spiro atoms. The van der Waals surface area contributed by atoms with Crippen LogP contribution in [0.25, 0.3) is 0 Å². The van der Waals surface area contributed by atoms with Gasteiger partial charge in [-0.1, -0.05) is 24.3 Å². The molecule has 0 saturated heterocycles. The van der Waals surface area contributed by atoms with Gasteiger partial charge in [0.2, 0.25) is 15.9 Å². The molecule has 1 aromatic heterocycles. The van der Waals surface area contributed by atoms with Gasteiger partial charge in [0.15, 0.2) is 5.96 Å². The molecule has 1 heterocycles. The van der Waals surface area contributed by atoms with Gasteiger partial charge in [-0.05, 0) is 38.9 Å². The zero-order chi connectivity index (χ0) is 19.9. The highest BCUT2D eigenvalue weighted by atomic mass is 127. The lowest BCUT2D eigenvalue weighted by atomic mass is 10.1. The highest BCUT2D eigenvalue weighted by Gasteiger charge is 2.09. The average Bonchev–Trinajstić information content (AvgIpc) is 2.95. The molecule has 0 radical (unpaired) electrons. The second-order valence-corrected chi connectivity index (χ2v) is 8.01. The van der Waals surface area contributed by atoms with Crippen LogP contribution in [0.15, 0.2) is 33.7 Å². The van der Waals surface area contributed by atoms with E-state index in [1.807, 2.05) is 39.0 Å². The first kappa shape index (κ1) is 24.4. The smallest absolute Gasteiger partial charge is 0.215 e. The predicted molar refractivity (Wildman–Crippen MR) is 121 cm³/mol. The molecule has 0 unspecified atom stereocenters. The predicted octanol–water partition coefficient (Wildman–Crippen LogP) is 2.21. The fraction of sp³-hybridized carbons (Fsp3) is 0.444. The van der Waals surface area contributed by atoms with Crippen LogP contribution in [0.1, 0.15) is 35.4 Å². The van der Waals surface area contributed by atoms with E-state index in [-0.39, 0.29) is 29.7 Å². The first-order valence-corrected chi connectivity index (χ1v) is 10.4. The number of nitrogens with one attached hydrogen (secondary N) is 3. The molecule has 8 nitrogen and oxygen atoms in total. The van der Waals surface area contributed by atoms with Gasteiger partial charge < -0.3 is 15.1 Å². The van der Waals surface area contributed by atoms with Crippen molar-refractivity contribution in [3.63, 3.8) is 0 Å². The van der Waals surface area contributed by atoms with Crippen LogP contribution in [0, 0.1) is 13.8 Å². The van der Waals surface area contributed by atoms with Gasteiger partial charge in [-0.25, -0.2) is 23.1 Å². The van der Waals surface area contributed by atoms with Crippen LogP contribution in [-0.2, 0) is 28.9 Å². The number of nitrogens with zero attached hydrogens (tertiary/aromatic N) is 2. The van der Waals surface area contributed by atoms with E-state index < -0.39 is 10.0 Å². The zero-order valence-corrected chi connectivity index (χ0v) is 19.7. The number of guanidine groups is 1. The number of hydrogen-bond donors (Lipinski definition) is 3. The van der Waals surface area contributed by atoms with Crippen molar-refractivity contribution in [1.29, 1.82) is 0 Å². The van der Waals surface area contributed by atoms with Crippen LogP contribution in [0.2, 0.25) is 0 Å². The Labute approximate surface area is 183 Å². The molecule has 3 N–H and O–H groups in total. The Kier molecular flexibility index (Phi) is 9.90. The summed E-state index contributed by atoms with van der Waals surface area (Å²) in [5.41, 5.74) is 2.53. The largest absolute Gasteiger partial charge is 0.444 e. The Hall–Kier alpha value is -1.66. The molecule has 2 aromatic rings. The van der Waals surface area contributed by atoms with Crippen LogP contribution in [0.4, 0.5) is 0 Å². The number of oxazole rings is 1. The van der Waals surface area contributed by atoms with Gasteiger partial charge in [0, 0.05) is 6.54 Å². The molecule has 10 heteroatoms. The Morgan fingerprint density at radius 3 is 2.54 bits per heavy atom. The van der Waals surface area contributed by atoms with Gasteiger partial charge in [-0.15, -0.1) is 24.0 Å². The number of benzene rings is 1. The minimum absolute atomic E-state index is 0. The maximum absolute atomic E-state index is 11.7. The van der Waals surface area contributed by atoms with Gasteiger partial charge in [0.05, 0.1) is 24.5 Å². The summed E-state index contributed by atoms with van der Waals surface area (Å²) in [5.74, 6) is 2.00. The number of rotatable bonds is 8. The summed E-state index contributed by atoms with van der Waals surface area (Å²) >= 11 is 0. The average molecular weight is 521 g/mol. The summed E-state index contributed by atoms with van der Waals surface area (Å²) in [4.78, 5) is 8.89. The van der Waals surface area contributed by atoms with E-state index in [0.29, 0.717) is 24.9 Å². The summed E-state index contributed by atoms with van der Waals surface area (Å²) in [7, 11) is -1.89. The van der Waals surface area contributed by atoms with Gasteiger partial charge >= 0.3 is 0 Å². The number of aliphatic imine (C=N–C) groups is 1. The second kappa shape index (κ2) is 11.4. The highest BCUT2D eigenvalue weighted by Crippen LogP contribution is 2.10. The molecule has 0 atom stereocenters. The van der Waals surface area contributed by atoms with Crippen LogP contribution < -0.4 is 15.4 Å². The number of halogens is 1. The molecule has 0 bridgehead atoms. The van der Waals surface area contributed by atoms with E-state index in [9.17, 15) is 8.42 Å². The molecule has 1 aromatic carbocycles. The topological polar surface area (TPSA) is 109 Å². The van der Waals surface area contributed by atoms with Crippen LogP contribution in [0.3, 0.4) is 0 Å². The van der Waals surface area contributed by atoms with Crippen molar-refractivity contribution in [1.82, 2.24) is 20.3 Å². The molecular formula is C18H28IN5O3S. The molecule has 0 aliphatic heterocycles. The number of hydrogen-bond acceptors (Lipinski definition) is 5. The van der Waals surface area contributed by atoms with Crippen LogP contribution >= 0.6 is 24.0 Å². The van der Waals surface area contributed by atoms with E-state index >= 15 is 0 Å². The van der Waals surface area contributed by atoms with Gasteiger partial charge in [-0.3, -0.25) is 0 Å². The fourth-order valence-corrected chi connectivity index (χ4v) is 3.16. The lowest BCUT2D eigenvalue weighted by Crippen LogP contribution is -2.36. The number of aromatic nitrogens is 1. The third-order valence-electron chi connectivity index (χ3n) is 3.90. The van der Waals surface area contributed by atoms with Crippen molar-refractivity contribution >= 4 is 40.0 Å². The van der Waals surface area contributed by atoms with Crippen molar-refractivity contribution in [2.24, 2.45) is 4.99 Å². The van der Waals surface area contributed by atoms with E-state index in [2.05, 4.69) is 25.3 Å². The quantitative estimate of drug-likeness (QED) is 0.279. The number of sulfonamides is 1. The zero-order valence-electron chi connectivity index (χ0n) is 16.6. The van der Waals surface area contributed by atoms with Crippen molar-refractivity contribution in [3.05, 3.63) is 52.7 Å². The van der Waals surface area contributed by atoms with Gasteiger partial charge in [0.25, 0.3) is 0 Å². The minimum atomic E-state index is -3.30. The van der Waals surface area contributed by atoms with Gasteiger partial charge in [-0.2, -0.15) is 0 Å². The Bertz CT molecular complexity index is 877. The minimum Gasteiger partial charge on any atom is -0.444 e. The maximum atomic E-state index is 11.7. The molecule has 0 aliphatic rings. The van der Waals surface area contributed by atoms with E-state index in [1.54, 1.807) is 6.07 Å². The summed E-state index contributed by atoms with van der Waals surface area (Å²) in [6.07, 6.45) is 0. The first-order valence-electron chi connectivity index (χ1n) is 8.77. The maximum Gasteiger partial charge on any atom is 0.215 e. The molecule has 156 valence electrons. The monoisotopic (exact) mass is 521 g/mol. The van der Waals surface area contributed by atoms with Crippen molar-refractivity contribution in [2.75, 3.05) is 13.6 Å². The standard InChI is InChI=1S/C18H27N5O3S.HI/c1-5-20-18(22-11-17-23-13(2)14(3)26-17)21-10-15-7-6-8-16(9-15)12-27(24,25)19-4;/h6-9,19H,5,10-12H2,1-4H3,(H2,20,21,22);1H. The summed E-state index contributed by atoms with van der Waals surface area (Å²) in [5, 5.41) is 6.36. The fourth-order valence-electron chi connectivity index (χ4n) is 2.40. The summed E-state index contributed by atoms with van der Waals surface area (Å²) < 4.78 is 31.3. The third-order valence-corrected chi connectivity index (χ3v) is 5.24. The molecule has 0 amide bonds. The lowest BCUT2D eigenvalue weighted by Gasteiger charge is -2.10. The summed E-state index contributed by atoms with van der Waals surface area (Å²) in [6.45, 7) is 7.35. The van der Waals surface area contributed by atoms with Gasteiger partial charge in [0.1, 0.15) is 5.76 Å². The van der Waals surface area contributed by atoms with E-state index in [1.165, 1.54) is 7.05 Å². The van der Waals surface area contributed by atoms with E-state index in [0.717, 1.165) is 29.1 Å².